The monoisotopic (exact) mass is 290 g/mol. The Morgan fingerprint density at radius 1 is 1.24 bits per heavy atom. The number of hydrogen-bond acceptors (Lipinski definition) is 3. The summed E-state index contributed by atoms with van der Waals surface area (Å²) in [6.45, 7) is 3.91. The van der Waals surface area contributed by atoms with Crippen LogP contribution >= 0.6 is 0 Å². The standard InChI is InChI=1S/C16H23FN4/c1-13(20(2)3)8-10-18-12-16-9-11-19-21(16)15-6-4-14(17)5-7-15/h4-7,9,11,13,18H,8,10,12H2,1-3H3/t13-/m0/s1. The second kappa shape index (κ2) is 7.33. The van der Waals surface area contributed by atoms with E-state index in [-0.39, 0.29) is 5.82 Å². The van der Waals surface area contributed by atoms with Crippen molar-refractivity contribution in [2.45, 2.75) is 25.9 Å². The molecule has 5 heteroatoms. The lowest BCUT2D eigenvalue weighted by Gasteiger charge is -2.19. The Morgan fingerprint density at radius 3 is 2.62 bits per heavy atom. The van der Waals surface area contributed by atoms with E-state index in [0.29, 0.717) is 6.04 Å². The Balaban J connectivity index is 1.90. The molecule has 0 amide bonds. The Bertz CT molecular complexity index is 548. The zero-order valence-corrected chi connectivity index (χ0v) is 12.9. The molecule has 2 aromatic rings. The van der Waals surface area contributed by atoms with Gasteiger partial charge in [-0.25, -0.2) is 9.07 Å². The van der Waals surface area contributed by atoms with Crippen molar-refractivity contribution in [3.8, 4) is 5.69 Å². The van der Waals surface area contributed by atoms with Crippen molar-refractivity contribution in [3.05, 3.63) is 48.0 Å². The molecule has 1 heterocycles. The fourth-order valence-electron chi connectivity index (χ4n) is 2.06. The molecule has 0 aliphatic heterocycles. The molecule has 1 atom stereocenters. The van der Waals surface area contributed by atoms with Crippen LogP contribution in [0.1, 0.15) is 19.0 Å². The maximum atomic E-state index is 13.0. The largest absolute Gasteiger partial charge is 0.311 e. The van der Waals surface area contributed by atoms with Crippen LogP contribution in [0.3, 0.4) is 0 Å². The number of rotatable bonds is 7. The summed E-state index contributed by atoms with van der Waals surface area (Å²) < 4.78 is 14.8. The summed E-state index contributed by atoms with van der Waals surface area (Å²) in [7, 11) is 4.18. The van der Waals surface area contributed by atoms with Crippen molar-refractivity contribution in [1.82, 2.24) is 20.0 Å². The van der Waals surface area contributed by atoms with Gasteiger partial charge in [-0.05, 0) is 64.3 Å². The number of hydrogen-bond donors (Lipinski definition) is 1. The first kappa shape index (κ1) is 15.7. The Hall–Kier alpha value is -1.72. The Labute approximate surface area is 125 Å². The third kappa shape index (κ3) is 4.37. The van der Waals surface area contributed by atoms with Gasteiger partial charge in [-0.2, -0.15) is 5.10 Å². The van der Waals surface area contributed by atoms with Crippen molar-refractivity contribution >= 4 is 0 Å². The van der Waals surface area contributed by atoms with Crippen LogP contribution in [0.4, 0.5) is 4.39 Å². The molecule has 2 rings (SSSR count). The fourth-order valence-corrected chi connectivity index (χ4v) is 2.06. The molecule has 0 saturated heterocycles. The lowest BCUT2D eigenvalue weighted by molar-refractivity contribution is 0.295. The summed E-state index contributed by atoms with van der Waals surface area (Å²) >= 11 is 0. The Morgan fingerprint density at radius 2 is 1.95 bits per heavy atom. The summed E-state index contributed by atoms with van der Waals surface area (Å²) in [5, 5.41) is 7.74. The highest BCUT2D eigenvalue weighted by Gasteiger charge is 2.06. The molecule has 0 unspecified atom stereocenters. The van der Waals surface area contributed by atoms with E-state index >= 15 is 0 Å². The van der Waals surface area contributed by atoms with Crippen molar-refractivity contribution in [1.29, 1.82) is 0 Å². The normalized spacial score (nSPS) is 12.8. The van der Waals surface area contributed by atoms with E-state index in [1.54, 1.807) is 18.3 Å². The van der Waals surface area contributed by atoms with Crippen LogP contribution < -0.4 is 5.32 Å². The van der Waals surface area contributed by atoms with Gasteiger partial charge in [0, 0.05) is 18.8 Å². The van der Waals surface area contributed by atoms with Gasteiger partial charge in [0.05, 0.1) is 11.4 Å². The number of nitrogens with one attached hydrogen (secondary N) is 1. The molecule has 21 heavy (non-hydrogen) atoms. The maximum Gasteiger partial charge on any atom is 0.123 e. The van der Waals surface area contributed by atoms with Crippen LogP contribution in [0.2, 0.25) is 0 Å². The van der Waals surface area contributed by atoms with Gasteiger partial charge in [-0.1, -0.05) is 0 Å². The van der Waals surface area contributed by atoms with E-state index in [2.05, 4.69) is 36.3 Å². The van der Waals surface area contributed by atoms with E-state index < -0.39 is 0 Å². The van der Waals surface area contributed by atoms with Gasteiger partial charge >= 0.3 is 0 Å². The van der Waals surface area contributed by atoms with Gasteiger partial charge in [0.25, 0.3) is 0 Å². The van der Waals surface area contributed by atoms with Gasteiger partial charge in [0.2, 0.25) is 0 Å². The van der Waals surface area contributed by atoms with Crippen LogP contribution in [0.25, 0.3) is 5.69 Å². The molecule has 1 aromatic carbocycles. The Kier molecular flexibility index (Phi) is 5.47. The van der Waals surface area contributed by atoms with Crippen LogP contribution in [0, 0.1) is 5.82 Å². The van der Waals surface area contributed by atoms with Crippen molar-refractivity contribution < 1.29 is 4.39 Å². The zero-order valence-electron chi connectivity index (χ0n) is 12.9. The van der Waals surface area contributed by atoms with Crippen LogP contribution in [0.15, 0.2) is 36.5 Å². The first-order valence-corrected chi connectivity index (χ1v) is 7.24. The molecule has 0 spiro atoms. The molecule has 1 N–H and O–H groups in total. The predicted molar refractivity (Wildman–Crippen MR) is 83.0 cm³/mol. The minimum absolute atomic E-state index is 0.233. The van der Waals surface area contributed by atoms with E-state index in [9.17, 15) is 4.39 Å². The molecule has 4 nitrogen and oxygen atoms in total. The molecule has 0 radical (unpaired) electrons. The van der Waals surface area contributed by atoms with Crippen molar-refractivity contribution in [2.24, 2.45) is 0 Å². The molecule has 0 aliphatic rings. The third-order valence-corrected chi connectivity index (χ3v) is 3.72. The van der Waals surface area contributed by atoms with Crippen LogP contribution in [-0.4, -0.2) is 41.4 Å². The fraction of sp³-hybridized carbons (Fsp3) is 0.438. The van der Waals surface area contributed by atoms with E-state index in [0.717, 1.165) is 30.9 Å². The van der Waals surface area contributed by atoms with E-state index in [4.69, 9.17) is 0 Å². The number of halogens is 1. The quantitative estimate of drug-likeness (QED) is 0.795. The van der Waals surface area contributed by atoms with Crippen LogP contribution in [-0.2, 0) is 6.54 Å². The molecule has 114 valence electrons. The molecule has 1 aromatic heterocycles. The summed E-state index contributed by atoms with van der Waals surface area (Å²) in [5.74, 6) is -0.233. The second-order valence-corrected chi connectivity index (χ2v) is 5.49. The molecular formula is C16H23FN4. The van der Waals surface area contributed by atoms with Gasteiger partial charge < -0.3 is 10.2 Å². The predicted octanol–water partition coefficient (Wildman–Crippen LogP) is 2.44. The van der Waals surface area contributed by atoms with E-state index in [1.807, 2.05) is 10.7 Å². The lowest BCUT2D eigenvalue weighted by atomic mass is 10.2. The van der Waals surface area contributed by atoms with E-state index in [1.165, 1.54) is 12.1 Å². The van der Waals surface area contributed by atoms with Crippen LogP contribution in [0.5, 0.6) is 0 Å². The number of benzene rings is 1. The van der Waals surface area contributed by atoms with Gasteiger partial charge in [-0.15, -0.1) is 0 Å². The van der Waals surface area contributed by atoms with Crippen molar-refractivity contribution in [2.75, 3.05) is 20.6 Å². The zero-order chi connectivity index (χ0) is 15.2. The molecular weight excluding hydrogens is 267 g/mol. The molecule has 0 fully saturated rings. The first-order chi connectivity index (χ1) is 10.1. The number of aromatic nitrogens is 2. The maximum absolute atomic E-state index is 13.0. The average Bonchev–Trinajstić information content (AvgIpc) is 2.92. The number of nitrogens with zero attached hydrogens (tertiary/aromatic N) is 3. The SMILES string of the molecule is C[C@@H](CCNCc1ccnn1-c1ccc(F)cc1)N(C)C. The van der Waals surface area contributed by atoms with Gasteiger partial charge in [0.1, 0.15) is 5.82 Å². The summed E-state index contributed by atoms with van der Waals surface area (Å²) in [6.07, 6.45) is 2.86. The van der Waals surface area contributed by atoms with Gasteiger partial charge in [-0.3, -0.25) is 0 Å². The topological polar surface area (TPSA) is 33.1 Å². The minimum atomic E-state index is -0.233. The first-order valence-electron chi connectivity index (χ1n) is 7.24. The molecule has 0 saturated carbocycles. The summed E-state index contributed by atoms with van der Waals surface area (Å²) in [6, 6.07) is 8.91. The highest BCUT2D eigenvalue weighted by atomic mass is 19.1. The molecule has 0 bridgehead atoms. The van der Waals surface area contributed by atoms with Crippen molar-refractivity contribution in [3.63, 3.8) is 0 Å². The molecule has 0 aliphatic carbocycles. The van der Waals surface area contributed by atoms with Gasteiger partial charge in [0.15, 0.2) is 0 Å². The minimum Gasteiger partial charge on any atom is -0.311 e. The summed E-state index contributed by atoms with van der Waals surface area (Å²) in [4.78, 5) is 2.21. The lowest BCUT2D eigenvalue weighted by Crippen LogP contribution is -2.29. The highest BCUT2D eigenvalue weighted by Crippen LogP contribution is 2.11. The average molecular weight is 290 g/mol. The smallest absolute Gasteiger partial charge is 0.123 e. The third-order valence-electron chi connectivity index (χ3n) is 3.72. The highest BCUT2D eigenvalue weighted by molar-refractivity contribution is 5.32. The second-order valence-electron chi connectivity index (χ2n) is 5.49. The summed E-state index contributed by atoms with van der Waals surface area (Å²) in [5.41, 5.74) is 1.94.